The van der Waals surface area contributed by atoms with Crippen LogP contribution < -0.4 is 5.01 Å². The van der Waals surface area contributed by atoms with Crippen molar-refractivity contribution in [1.82, 2.24) is 0 Å². The molecule has 150 valence electrons. The molecule has 2 aromatic carbocycles. The van der Waals surface area contributed by atoms with E-state index < -0.39 is 4.92 Å². The molecule has 1 amide bonds. The van der Waals surface area contributed by atoms with Gasteiger partial charge in [0.15, 0.2) is 0 Å². The molecule has 30 heavy (non-hydrogen) atoms. The van der Waals surface area contributed by atoms with E-state index in [1.54, 1.807) is 31.2 Å². The molecule has 0 fully saturated rings. The SMILES string of the molecule is CC1=NN(c2ccc(C)cc2)C(=O)/C1=C\c1ccc(-c2ccc([N+](=O)[O-])cc2Br)o1. The van der Waals surface area contributed by atoms with Gasteiger partial charge >= 0.3 is 0 Å². The van der Waals surface area contributed by atoms with E-state index in [2.05, 4.69) is 21.0 Å². The van der Waals surface area contributed by atoms with Crippen LogP contribution in [0.3, 0.4) is 0 Å². The Morgan fingerprint density at radius 3 is 2.50 bits per heavy atom. The quantitative estimate of drug-likeness (QED) is 0.279. The molecule has 7 nitrogen and oxygen atoms in total. The van der Waals surface area contributed by atoms with E-state index in [0.717, 1.165) is 5.56 Å². The van der Waals surface area contributed by atoms with Gasteiger partial charge in [-0.2, -0.15) is 10.1 Å². The van der Waals surface area contributed by atoms with E-state index in [1.165, 1.54) is 17.1 Å². The maximum atomic E-state index is 12.9. The van der Waals surface area contributed by atoms with Crippen molar-refractivity contribution in [3.63, 3.8) is 0 Å². The van der Waals surface area contributed by atoms with Gasteiger partial charge in [-0.3, -0.25) is 14.9 Å². The number of non-ortho nitro benzene ring substituents is 1. The van der Waals surface area contributed by atoms with Crippen molar-refractivity contribution in [3.05, 3.63) is 86.1 Å². The van der Waals surface area contributed by atoms with E-state index in [0.29, 0.717) is 38.5 Å². The fraction of sp³-hybridized carbons (Fsp3) is 0.0909. The lowest BCUT2D eigenvalue weighted by Gasteiger charge is -2.11. The lowest BCUT2D eigenvalue weighted by Crippen LogP contribution is -2.21. The van der Waals surface area contributed by atoms with Gasteiger partial charge < -0.3 is 4.42 Å². The van der Waals surface area contributed by atoms with Gasteiger partial charge in [0, 0.05) is 22.2 Å². The summed E-state index contributed by atoms with van der Waals surface area (Å²) in [5.74, 6) is 0.781. The molecule has 2 heterocycles. The summed E-state index contributed by atoms with van der Waals surface area (Å²) in [5, 5.41) is 16.7. The second kappa shape index (κ2) is 7.72. The monoisotopic (exact) mass is 465 g/mol. The number of carbonyl (C=O) groups is 1. The van der Waals surface area contributed by atoms with Crippen LogP contribution >= 0.6 is 15.9 Å². The number of nitro groups is 1. The van der Waals surface area contributed by atoms with Crippen molar-refractivity contribution >= 4 is 45.0 Å². The number of halogens is 1. The van der Waals surface area contributed by atoms with E-state index in [-0.39, 0.29) is 11.6 Å². The van der Waals surface area contributed by atoms with Gasteiger partial charge in [-0.05, 0) is 66.2 Å². The fourth-order valence-corrected chi connectivity index (χ4v) is 3.64. The van der Waals surface area contributed by atoms with Gasteiger partial charge in [0.1, 0.15) is 11.5 Å². The highest BCUT2D eigenvalue weighted by molar-refractivity contribution is 9.10. The smallest absolute Gasteiger partial charge is 0.280 e. The Balaban J connectivity index is 1.61. The lowest BCUT2D eigenvalue weighted by molar-refractivity contribution is -0.384. The summed E-state index contributed by atoms with van der Waals surface area (Å²) in [4.78, 5) is 23.3. The third-order valence-corrected chi connectivity index (χ3v) is 5.34. The second-order valence-electron chi connectivity index (χ2n) is 6.82. The molecular weight excluding hydrogens is 450 g/mol. The van der Waals surface area contributed by atoms with Crippen LogP contribution in [0.2, 0.25) is 0 Å². The summed E-state index contributed by atoms with van der Waals surface area (Å²) >= 11 is 3.35. The highest BCUT2D eigenvalue weighted by Crippen LogP contribution is 2.33. The summed E-state index contributed by atoms with van der Waals surface area (Å²) in [6.45, 7) is 3.75. The zero-order valence-electron chi connectivity index (χ0n) is 16.1. The number of furan rings is 1. The molecule has 0 spiro atoms. The van der Waals surface area contributed by atoms with Gasteiger partial charge in [0.2, 0.25) is 0 Å². The Labute approximate surface area is 180 Å². The molecule has 8 heteroatoms. The molecule has 4 rings (SSSR count). The number of anilines is 1. The first-order valence-electron chi connectivity index (χ1n) is 9.06. The van der Waals surface area contributed by atoms with Crippen molar-refractivity contribution in [1.29, 1.82) is 0 Å². The molecule has 0 aliphatic carbocycles. The Morgan fingerprint density at radius 1 is 1.10 bits per heavy atom. The first-order chi connectivity index (χ1) is 14.3. The number of hydrazone groups is 1. The predicted octanol–water partition coefficient (Wildman–Crippen LogP) is 5.73. The summed E-state index contributed by atoms with van der Waals surface area (Å²) in [5.41, 5.74) is 3.49. The summed E-state index contributed by atoms with van der Waals surface area (Å²) in [7, 11) is 0. The molecule has 0 saturated carbocycles. The molecule has 0 unspecified atom stereocenters. The predicted molar refractivity (Wildman–Crippen MR) is 118 cm³/mol. The van der Waals surface area contributed by atoms with Gasteiger partial charge in [-0.15, -0.1) is 0 Å². The van der Waals surface area contributed by atoms with Crippen molar-refractivity contribution in [2.45, 2.75) is 13.8 Å². The average Bonchev–Trinajstić information content (AvgIpc) is 3.28. The Bertz CT molecular complexity index is 1230. The number of hydrogen-bond donors (Lipinski definition) is 0. The van der Waals surface area contributed by atoms with Crippen LogP contribution in [0.1, 0.15) is 18.2 Å². The minimum absolute atomic E-state index is 0.0147. The maximum absolute atomic E-state index is 12.9. The topological polar surface area (TPSA) is 89.0 Å². The third kappa shape index (κ3) is 3.69. The van der Waals surface area contributed by atoms with E-state index in [4.69, 9.17) is 4.42 Å². The molecule has 0 saturated heterocycles. The summed E-state index contributed by atoms with van der Waals surface area (Å²) < 4.78 is 6.41. The third-order valence-electron chi connectivity index (χ3n) is 4.68. The number of rotatable bonds is 4. The fourth-order valence-electron chi connectivity index (χ4n) is 3.08. The van der Waals surface area contributed by atoms with Gasteiger partial charge in [-0.25, -0.2) is 0 Å². The highest BCUT2D eigenvalue weighted by Gasteiger charge is 2.29. The molecule has 0 atom stereocenters. The van der Waals surface area contributed by atoms with Crippen molar-refractivity contribution in [3.8, 4) is 11.3 Å². The normalized spacial score (nSPS) is 15.0. The molecule has 1 aliphatic rings. The molecule has 0 N–H and O–H groups in total. The number of amides is 1. The standard InChI is InChI=1S/C22H16BrN3O4/c1-13-3-5-15(6-4-13)25-22(27)19(14(2)24-25)12-17-8-10-21(30-17)18-9-7-16(26(28)29)11-20(18)23/h3-12H,1-2H3/b19-12-. The van der Waals surface area contributed by atoms with Crippen molar-refractivity contribution < 1.29 is 14.1 Å². The lowest BCUT2D eigenvalue weighted by atomic mass is 10.1. The van der Waals surface area contributed by atoms with Crippen LogP contribution in [-0.4, -0.2) is 16.5 Å². The highest BCUT2D eigenvalue weighted by atomic mass is 79.9. The molecule has 0 radical (unpaired) electrons. The van der Waals surface area contributed by atoms with Crippen molar-refractivity contribution in [2.75, 3.05) is 5.01 Å². The minimum atomic E-state index is -0.458. The molecule has 1 aliphatic heterocycles. The average molecular weight is 466 g/mol. The van der Waals surface area contributed by atoms with Gasteiger partial charge in [0.25, 0.3) is 11.6 Å². The van der Waals surface area contributed by atoms with E-state index >= 15 is 0 Å². The summed E-state index contributed by atoms with van der Waals surface area (Å²) in [6.07, 6.45) is 1.65. The Morgan fingerprint density at radius 2 is 1.83 bits per heavy atom. The zero-order chi connectivity index (χ0) is 21.4. The largest absolute Gasteiger partial charge is 0.457 e. The van der Waals surface area contributed by atoms with E-state index in [1.807, 2.05) is 31.2 Å². The molecule has 3 aromatic rings. The van der Waals surface area contributed by atoms with Crippen molar-refractivity contribution in [2.24, 2.45) is 5.10 Å². The van der Waals surface area contributed by atoms with Crippen LogP contribution in [0.15, 0.2) is 74.2 Å². The maximum Gasteiger partial charge on any atom is 0.280 e. The van der Waals surface area contributed by atoms with Gasteiger partial charge in [-0.1, -0.05) is 17.7 Å². The van der Waals surface area contributed by atoms with Crippen LogP contribution in [0, 0.1) is 17.0 Å². The number of nitrogens with zero attached hydrogens (tertiary/aromatic N) is 3. The Hall–Kier alpha value is -3.52. The van der Waals surface area contributed by atoms with Crippen LogP contribution in [0.4, 0.5) is 11.4 Å². The first-order valence-corrected chi connectivity index (χ1v) is 9.85. The number of benzene rings is 2. The summed E-state index contributed by atoms with van der Waals surface area (Å²) in [6, 6.07) is 15.5. The van der Waals surface area contributed by atoms with Crippen LogP contribution in [0.5, 0.6) is 0 Å². The molecule has 0 bridgehead atoms. The van der Waals surface area contributed by atoms with Gasteiger partial charge in [0.05, 0.1) is 21.9 Å². The Kier molecular flexibility index (Phi) is 5.09. The minimum Gasteiger partial charge on any atom is -0.457 e. The van der Waals surface area contributed by atoms with E-state index in [9.17, 15) is 14.9 Å². The zero-order valence-corrected chi connectivity index (χ0v) is 17.7. The molecule has 1 aromatic heterocycles. The first kappa shape index (κ1) is 19.8. The van der Waals surface area contributed by atoms with Crippen LogP contribution in [0.25, 0.3) is 17.4 Å². The number of nitro benzene ring substituents is 1. The second-order valence-corrected chi connectivity index (χ2v) is 7.67. The van der Waals surface area contributed by atoms with Crippen LogP contribution in [-0.2, 0) is 4.79 Å². The molecular formula is C22H16BrN3O4. The number of carbonyl (C=O) groups excluding carboxylic acids is 1. The number of aryl methyl sites for hydroxylation is 1. The number of hydrogen-bond acceptors (Lipinski definition) is 5.